The van der Waals surface area contributed by atoms with E-state index >= 15 is 0 Å². The molecule has 3 aromatic rings. The van der Waals surface area contributed by atoms with Gasteiger partial charge in [0, 0.05) is 23.2 Å². The summed E-state index contributed by atoms with van der Waals surface area (Å²) >= 11 is 3.02. The Hall–Kier alpha value is -2.58. The van der Waals surface area contributed by atoms with Crippen LogP contribution in [0.3, 0.4) is 0 Å². The number of nitrogens with one attached hydrogen (secondary N) is 1. The van der Waals surface area contributed by atoms with E-state index < -0.39 is 0 Å². The molecule has 0 radical (unpaired) electrons. The standard InChI is InChI=1S/C17H16N2O4S2/c1-21-12-7-10(8-13(22-2)15(12)23-3)18-16(20)11-9-25-17(19-11)14-5-4-6-24-14/h4-9H,1-3H3,(H,18,20). The van der Waals surface area contributed by atoms with Crippen LogP contribution in [0, 0.1) is 0 Å². The van der Waals surface area contributed by atoms with Gasteiger partial charge in [-0.1, -0.05) is 6.07 Å². The van der Waals surface area contributed by atoms with Crippen molar-refractivity contribution in [1.82, 2.24) is 4.98 Å². The maximum Gasteiger partial charge on any atom is 0.275 e. The third-order valence-electron chi connectivity index (χ3n) is 3.39. The number of carbonyl (C=O) groups is 1. The van der Waals surface area contributed by atoms with Crippen molar-refractivity contribution < 1.29 is 19.0 Å². The van der Waals surface area contributed by atoms with Crippen molar-refractivity contribution in [2.75, 3.05) is 26.6 Å². The van der Waals surface area contributed by atoms with Gasteiger partial charge in [0.2, 0.25) is 5.75 Å². The zero-order valence-corrected chi connectivity index (χ0v) is 15.5. The van der Waals surface area contributed by atoms with Crippen molar-refractivity contribution in [2.45, 2.75) is 0 Å². The van der Waals surface area contributed by atoms with Gasteiger partial charge in [0.25, 0.3) is 5.91 Å². The average Bonchev–Trinajstić information content (AvgIpc) is 3.31. The van der Waals surface area contributed by atoms with E-state index in [-0.39, 0.29) is 5.91 Å². The molecule has 0 saturated carbocycles. The number of rotatable bonds is 6. The first kappa shape index (κ1) is 17.2. The van der Waals surface area contributed by atoms with Crippen LogP contribution in [0.5, 0.6) is 17.2 Å². The van der Waals surface area contributed by atoms with Gasteiger partial charge in [-0.3, -0.25) is 4.79 Å². The molecule has 0 saturated heterocycles. The summed E-state index contributed by atoms with van der Waals surface area (Å²) in [7, 11) is 4.58. The molecule has 3 rings (SSSR count). The predicted molar refractivity (Wildman–Crippen MR) is 99.5 cm³/mol. The zero-order valence-electron chi connectivity index (χ0n) is 13.9. The lowest BCUT2D eigenvalue weighted by Crippen LogP contribution is -2.12. The normalized spacial score (nSPS) is 10.4. The van der Waals surface area contributed by atoms with Gasteiger partial charge in [0.05, 0.1) is 26.2 Å². The van der Waals surface area contributed by atoms with Crippen LogP contribution in [0.4, 0.5) is 5.69 Å². The fourth-order valence-electron chi connectivity index (χ4n) is 2.24. The van der Waals surface area contributed by atoms with E-state index in [1.165, 1.54) is 32.7 Å². The summed E-state index contributed by atoms with van der Waals surface area (Å²) < 4.78 is 15.9. The van der Waals surface area contributed by atoms with E-state index in [1.807, 2.05) is 17.5 Å². The van der Waals surface area contributed by atoms with Gasteiger partial charge in [0.1, 0.15) is 10.7 Å². The molecule has 8 heteroatoms. The summed E-state index contributed by atoms with van der Waals surface area (Å²) in [5, 5.41) is 7.35. The van der Waals surface area contributed by atoms with E-state index in [9.17, 15) is 4.79 Å². The molecule has 2 aromatic heterocycles. The number of thiophene rings is 1. The van der Waals surface area contributed by atoms with Crippen LogP contribution in [-0.4, -0.2) is 32.2 Å². The number of hydrogen-bond donors (Lipinski definition) is 1. The summed E-state index contributed by atoms with van der Waals surface area (Å²) in [6.45, 7) is 0. The molecular formula is C17H16N2O4S2. The number of methoxy groups -OCH3 is 3. The molecule has 0 unspecified atom stereocenters. The Kier molecular flexibility index (Phi) is 5.20. The molecule has 2 heterocycles. The predicted octanol–water partition coefficient (Wildman–Crippen LogP) is 4.15. The SMILES string of the molecule is COc1cc(NC(=O)c2csc(-c3cccs3)n2)cc(OC)c1OC. The van der Waals surface area contributed by atoms with Crippen LogP contribution in [-0.2, 0) is 0 Å². The van der Waals surface area contributed by atoms with Crippen molar-refractivity contribution in [2.24, 2.45) is 0 Å². The van der Waals surface area contributed by atoms with E-state index in [4.69, 9.17) is 14.2 Å². The summed E-state index contributed by atoms with van der Waals surface area (Å²) in [6, 6.07) is 7.28. The van der Waals surface area contributed by atoms with Crippen LogP contribution in [0.25, 0.3) is 9.88 Å². The van der Waals surface area contributed by atoms with Crippen molar-refractivity contribution in [3.05, 3.63) is 40.7 Å². The number of thiazole rings is 1. The molecule has 0 bridgehead atoms. The topological polar surface area (TPSA) is 69.7 Å². The van der Waals surface area contributed by atoms with Crippen LogP contribution >= 0.6 is 22.7 Å². The molecule has 0 aliphatic carbocycles. The molecule has 0 aliphatic heterocycles. The van der Waals surface area contributed by atoms with E-state index in [0.717, 1.165) is 9.88 Å². The van der Waals surface area contributed by atoms with Crippen LogP contribution in [0.1, 0.15) is 10.5 Å². The third kappa shape index (κ3) is 3.59. The fourth-order valence-corrected chi connectivity index (χ4v) is 3.85. The van der Waals surface area contributed by atoms with Gasteiger partial charge in [-0.15, -0.1) is 22.7 Å². The maximum absolute atomic E-state index is 12.5. The number of carbonyl (C=O) groups excluding carboxylic acids is 1. The van der Waals surface area contributed by atoms with Crippen molar-refractivity contribution in [3.63, 3.8) is 0 Å². The summed E-state index contributed by atoms with van der Waals surface area (Å²) in [6.07, 6.45) is 0. The minimum Gasteiger partial charge on any atom is -0.493 e. The maximum atomic E-state index is 12.5. The highest BCUT2D eigenvalue weighted by Gasteiger charge is 2.17. The lowest BCUT2D eigenvalue weighted by Gasteiger charge is -2.14. The molecular weight excluding hydrogens is 360 g/mol. The van der Waals surface area contributed by atoms with Crippen LogP contribution < -0.4 is 19.5 Å². The van der Waals surface area contributed by atoms with Gasteiger partial charge in [0.15, 0.2) is 11.5 Å². The smallest absolute Gasteiger partial charge is 0.275 e. The second-order valence-electron chi connectivity index (χ2n) is 4.88. The van der Waals surface area contributed by atoms with Gasteiger partial charge in [-0.2, -0.15) is 0 Å². The first-order chi connectivity index (χ1) is 12.2. The van der Waals surface area contributed by atoms with Gasteiger partial charge < -0.3 is 19.5 Å². The Morgan fingerprint density at radius 1 is 1.08 bits per heavy atom. The molecule has 0 spiro atoms. The summed E-state index contributed by atoms with van der Waals surface area (Å²) in [5.74, 6) is 1.11. The highest BCUT2D eigenvalue weighted by Crippen LogP contribution is 2.40. The van der Waals surface area contributed by atoms with Crippen molar-refractivity contribution in [1.29, 1.82) is 0 Å². The Bertz CT molecular complexity index is 850. The Morgan fingerprint density at radius 2 is 1.80 bits per heavy atom. The molecule has 0 atom stereocenters. The number of aromatic nitrogens is 1. The lowest BCUT2D eigenvalue weighted by molar-refractivity contribution is 0.102. The first-order valence-corrected chi connectivity index (χ1v) is 9.03. The minimum absolute atomic E-state index is 0.298. The van der Waals surface area contributed by atoms with Gasteiger partial charge in [-0.25, -0.2) is 4.98 Å². The molecule has 0 aliphatic rings. The Labute approximate surface area is 153 Å². The molecule has 6 nitrogen and oxygen atoms in total. The van der Waals surface area contributed by atoms with E-state index in [2.05, 4.69) is 10.3 Å². The summed E-state index contributed by atoms with van der Waals surface area (Å²) in [5.41, 5.74) is 0.896. The van der Waals surface area contributed by atoms with E-state index in [0.29, 0.717) is 28.6 Å². The Morgan fingerprint density at radius 3 is 2.36 bits per heavy atom. The zero-order chi connectivity index (χ0) is 17.8. The molecule has 130 valence electrons. The van der Waals surface area contributed by atoms with Gasteiger partial charge >= 0.3 is 0 Å². The second-order valence-corrected chi connectivity index (χ2v) is 6.69. The van der Waals surface area contributed by atoms with Gasteiger partial charge in [-0.05, 0) is 11.4 Å². The molecule has 1 aromatic carbocycles. The molecule has 1 amide bonds. The number of nitrogens with zero attached hydrogens (tertiary/aromatic N) is 1. The average molecular weight is 376 g/mol. The summed E-state index contributed by atoms with van der Waals surface area (Å²) in [4.78, 5) is 17.9. The second kappa shape index (κ2) is 7.54. The number of amides is 1. The van der Waals surface area contributed by atoms with Crippen LogP contribution in [0.15, 0.2) is 35.0 Å². The largest absolute Gasteiger partial charge is 0.493 e. The van der Waals surface area contributed by atoms with Crippen molar-refractivity contribution in [3.8, 4) is 27.1 Å². The highest BCUT2D eigenvalue weighted by atomic mass is 32.1. The number of anilines is 1. The molecule has 0 fully saturated rings. The number of benzene rings is 1. The lowest BCUT2D eigenvalue weighted by atomic mass is 10.2. The fraction of sp³-hybridized carbons (Fsp3) is 0.176. The first-order valence-electron chi connectivity index (χ1n) is 7.27. The molecule has 25 heavy (non-hydrogen) atoms. The minimum atomic E-state index is -0.298. The van der Waals surface area contributed by atoms with E-state index in [1.54, 1.807) is 28.8 Å². The Balaban J connectivity index is 1.83. The quantitative estimate of drug-likeness (QED) is 0.700. The van der Waals surface area contributed by atoms with Crippen LogP contribution in [0.2, 0.25) is 0 Å². The number of hydrogen-bond acceptors (Lipinski definition) is 7. The highest BCUT2D eigenvalue weighted by molar-refractivity contribution is 7.20. The van der Waals surface area contributed by atoms with Crippen molar-refractivity contribution >= 4 is 34.3 Å². The third-order valence-corrected chi connectivity index (χ3v) is 5.27. The molecule has 1 N–H and O–H groups in total. The number of ether oxygens (including phenoxy) is 3. The monoisotopic (exact) mass is 376 g/mol.